The van der Waals surface area contributed by atoms with E-state index in [9.17, 15) is 9.59 Å². The SMILES string of the molecule is O=C(NCCCNC1CCCCC1)C1(C2(C(=O)NCCCNC3CCCCC3)CC2c2ccccc2)CC1c1ccccc1. The lowest BCUT2D eigenvalue weighted by Crippen LogP contribution is -2.48. The molecule has 4 aliphatic carbocycles. The van der Waals surface area contributed by atoms with Gasteiger partial charge in [-0.15, -0.1) is 0 Å². The van der Waals surface area contributed by atoms with Gasteiger partial charge >= 0.3 is 0 Å². The molecule has 0 aliphatic heterocycles. The van der Waals surface area contributed by atoms with Crippen LogP contribution in [0.1, 0.15) is 113 Å². The molecule has 0 aromatic heterocycles. The van der Waals surface area contributed by atoms with Gasteiger partial charge in [0.15, 0.2) is 0 Å². The van der Waals surface area contributed by atoms with E-state index >= 15 is 0 Å². The highest BCUT2D eigenvalue weighted by molar-refractivity contribution is 6.00. The van der Waals surface area contributed by atoms with E-state index < -0.39 is 10.8 Å². The highest BCUT2D eigenvalue weighted by Gasteiger charge is 2.82. The second-order valence-corrected chi connectivity index (χ2v) is 14.1. The molecule has 0 spiro atoms. The topological polar surface area (TPSA) is 82.3 Å². The van der Waals surface area contributed by atoms with Crippen molar-refractivity contribution in [3.63, 3.8) is 0 Å². The number of benzene rings is 2. The molecule has 4 atom stereocenters. The van der Waals surface area contributed by atoms with Crippen molar-refractivity contribution in [2.45, 2.75) is 114 Å². The van der Waals surface area contributed by atoms with Gasteiger partial charge in [-0.05, 0) is 75.6 Å². The van der Waals surface area contributed by atoms with E-state index in [1.165, 1.54) is 75.3 Å². The number of carbonyl (C=O) groups excluding carboxylic acids is 2. The van der Waals surface area contributed by atoms with Gasteiger partial charge in [-0.1, -0.05) is 99.2 Å². The normalized spacial score (nSPS) is 28.7. The Balaban J connectivity index is 1.14. The Kier molecular flexibility index (Phi) is 10.4. The first-order valence-electron chi connectivity index (χ1n) is 17.8. The third kappa shape index (κ3) is 6.77. The molecule has 4 N–H and O–H groups in total. The summed E-state index contributed by atoms with van der Waals surface area (Å²) in [5, 5.41) is 14.1. The number of nitrogens with one attached hydrogen (secondary N) is 4. The van der Waals surface area contributed by atoms with Crippen molar-refractivity contribution in [3.8, 4) is 0 Å². The number of rotatable bonds is 15. The molecule has 6 nitrogen and oxygen atoms in total. The molecule has 0 bridgehead atoms. The van der Waals surface area contributed by atoms with Gasteiger partial charge < -0.3 is 21.3 Å². The quantitative estimate of drug-likeness (QED) is 0.184. The summed E-state index contributed by atoms with van der Waals surface area (Å²) in [6.45, 7) is 3.13. The van der Waals surface area contributed by atoms with Gasteiger partial charge in [0.05, 0.1) is 10.8 Å². The zero-order valence-corrected chi connectivity index (χ0v) is 26.6. The van der Waals surface area contributed by atoms with Crippen molar-refractivity contribution in [1.29, 1.82) is 0 Å². The highest BCUT2D eigenvalue weighted by atomic mass is 16.2. The Morgan fingerprint density at radius 1 is 0.545 bits per heavy atom. The van der Waals surface area contributed by atoms with Gasteiger partial charge in [0.1, 0.15) is 0 Å². The summed E-state index contributed by atoms with van der Waals surface area (Å²) in [5.74, 6) is 0.237. The van der Waals surface area contributed by atoms with Crippen molar-refractivity contribution in [1.82, 2.24) is 21.3 Å². The van der Waals surface area contributed by atoms with Crippen LogP contribution in [0, 0.1) is 10.8 Å². The Morgan fingerprint density at radius 2 is 0.932 bits per heavy atom. The van der Waals surface area contributed by atoms with Crippen LogP contribution in [0.5, 0.6) is 0 Å². The number of hydrogen-bond acceptors (Lipinski definition) is 4. The van der Waals surface area contributed by atoms with E-state index in [0.29, 0.717) is 25.2 Å². The van der Waals surface area contributed by atoms with Crippen molar-refractivity contribution in [2.24, 2.45) is 10.8 Å². The van der Waals surface area contributed by atoms with E-state index in [1.807, 2.05) is 12.1 Å². The van der Waals surface area contributed by atoms with Crippen LogP contribution >= 0.6 is 0 Å². The molecule has 6 heteroatoms. The van der Waals surface area contributed by atoms with Crippen LogP contribution in [-0.4, -0.2) is 50.1 Å². The third-order valence-electron chi connectivity index (χ3n) is 11.3. The van der Waals surface area contributed by atoms with Crippen LogP contribution in [0.15, 0.2) is 60.7 Å². The predicted molar refractivity (Wildman–Crippen MR) is 177 cm³/mol. The lowest BCUT2D eigenvalue weighted by atomic mass is 9.77. The zero-order chi connectivity index (χ0) is 30.2. The third-order valence-corrected chi connectivity index (χ3v) is 11.3. The van der Waals surface area contributed by atoms with E-state index in [1.54, 1.807) is 0 Å². The zero-order valence-electron chi connectivity index (χ0n) is 26.6. The summed E-state index contributed by atoms with van der Waals surface area (Å²) in [4.78, 5) is 28.7. The molecule has 2 aromatic carbocycles. The lowest BCUT2D eigenvalue weighted by molar-refractivity contribution is -0.139. The minimum Gasteiger partial charge on any atom is -0.356 e. The minimum atomic E-state index is -0.726. The number of carbonyl (C=O) groups is 2. The van der Waals surface area contributed by atoms with E-state index in [4.69, 9.17) is 0 Å². The number of hydrogen-bond donors (Lipinski definition) is 4. The average molecular weight is 599 g/mol. The molecular formula is C38H54N4O2. The van der Waals surface area contributed by atoms with Gasteiger partial charge in [-0.2, -0.15) is 0 Å². The average Bonchev–Trinajstić information content (AvgIpc) is 4.00. The molecule has 44 heavy (non-hydrogen) atoms. The molecular weight excluding hydrogens is 544 g/mol. The first-order valence-corrected chi connectivity index (χ1v) is 17.8. The van der Waals surface area contributed by atoms with Gasteiger partial charge in [0, 0.05) is 37.0 Å². The molecule has 4 aliphatic rings. The smallest absolute Gasteiger partial charge is 0.227 e. The predicted octanol–water partition coefficient (Wildman–Crippen LogP) is 6.19. The largest absolute Gasteiger partial charge is 0.356 e. The molecule has 4 fully saturated rings. The standard InChI is InChI=1S/C38H54N4O2/c43-35(41-25-13-23-39-31-19-9-3-10-20-31)37(27-33(37)29-15-5-1-6-16-29)38(28-34(38)30-17-7-2-8-18-30)36(44)42-26-14-24-40-32-21-11-4-12-22-32/h1-2,5-8,15-18,31-34,39-40H,3-4,9-14,19-28H2,(H,41,43)(H,42,44). The highest BCUT2D eigenvalue weighted by Crippen LogP contribution is 2.81. The maximum Gasteiger partial charge on any atom is 0.227 e. The van der Waals surface area contributed by atoms with Crippen LogP contribution in [0.3, 0.4) is 0 Å². The maximum atomic E-state index is 14.4. The molecule has 238 valence electrons. The molecule has 0 heterocycles. The maximum absolute atomic E-state index is 14.4. The van der Waals surface area contributed by atoms with Gasteiger partial charge in [0.2, 0.25) is 11.8 Å². The summed E-state index contributed by atoms with van der Waals surface area (Å²) in [6.07, 6.45) is 16.3. The fraction of sp³-hybridized carbons (Fsp3) is 0.632. The molecule has 6 rings (SSSR count). The van der Waals surface area contributed by atoms with Crippen LogP contribution in [0.2, 0.25) is 0 Å². The van der Waals surface area contributed by atoms with Crippen LogP contribution in [0.4, 0.5) is 0 Å². The summed E-state index contributed by atoms with van der Waals surface area (Å²) in [7, 11) is 0. The number of amides is 2. The Bertz CT molecular complexity index is 1110. The fourth-order valence-electron chi connectivity index (χ4n) is 8.72. The molecule has 0 saturated heterocycles. The second kappa shape index (κ2) is 14.6. The Labute approximate surface area is 264 Å². The van der Waals surface area contributed by atoms with Crippen molar-refractivity contribution < 1.29 is 9.59 Å². The molecule has 4 saturated carbocycles. The monoisotopic (exact) mass is 598 g/mol. The second-order valence-electron chi connectivity index (χ2n) is 14.1. The molecule has 2 amide bonds. The van der Waals surface area contributed by atoms with Crippen molar-refractivity contribution in [3.05, 3.63) is 71.8 Å². The van der Waals surface area contributed by atoms with Crippen LogP contribution < -0.4 is 21.3 Å². The first-order chi connectivity index (χ1) is 21.6. The summed E-state index contributed by atoms with van der Waals surface area (Å²) < 4.78 is 0. The summed E-state index contributed by atoms with van der Waals surface area (Å²) >= 11 is 0. The molecule has 2 aromatic rings. The van der Waals surface area contributed by atoms with E-state index in [2.05, 4.69) is 69.8 Å². The van der Waals surface area contributed by atoms with Crippen LogP contribution in [0.25, 0.3) is 0 Å². The summed E-state index contributed by atoms with van der Waals surface area (Å²) in [5.41, 5.74) is 0.889. The molecule has 0 radical (unpaired) electrons. The Morgan fingerprint density at radius 3 is 1.32 bits per heavy atom. The van der Waals surface area contributed by atoms with Crippen molar-refractivity contribution in [2.75, 3.05) is 26.2 Å². The Hall–Kier alpha value is -2.70. The van der Waals surface area contributed by atoms with Gasteiger partial charge in [-0.3, -0.25) is 9.59 Å². The molecule has 4 unspecified atom stereocenters. The fourth-order valence-corrected chi connectivity index (χ4v) is 8.72. The summed E-state index contributed by atoms with van der Waals surface area (Å²) in [6, 6.07) is 22.1. The van der Waals surface area contributed by atoms with Gasteiger partial charge in [0.25, 0.3) is 0 Å². The van der Waals surface area contributed by atoms with E-state index in [-0.39, 0.29) is 23.7 Å². The minimum absolute atomic E-state index is 0.0523. The first kappa shape index (κ1) is 31.3. The van der Waals surface area contributed by atoms with E-state index in [0.717, 1.165) is 38.8 Å². The van der Waals surface area contributed by atoms with Crippen molar-refractivity contribution >= 4 is 11.8 Å². The lowest BCUT2D eigenvalue weighted by Gasteiger charge is -2.29. The van der Waals surface area contributed by atoms with Crippen LogP contribution in [-0.2, 0) is 9.59 Å². The van der Waals surface area contributed by atoms with Gasteiger partial charge in [-0.25, -0.2) is 0 Å².